The number of hydrogen-bond acceptors (Lipinski definition) is 7. The molecule has 0 heterocycles. The Bertz CT molecular complexity index is 848. The molecule has 0 aliphatic carbocycles. The number of carboxylic acid groups (broad SMARTS) is 1. The van der Waals surface area contributed by atoms with Crippen LogP contribution in [-0.4, -0.2) is 60.1 Å². The molecule has 1 aromatic carbocycles. The lowest BCUT2D eigenvalue weighted by Crippen LogP contribution is -2.48. The van der Waals surface area contributed by atoms with Gasteiger partial charge in [-0.2, -0.15) is 0 Å². The van der Waals surface area contributed by atoms with E-state index in [0.717, 1.165) is 17.0 Å². The van der Waals surface area contributed by atoms with E-state index in [-0.39, 0.29) is 13.1 Å². The molecule has 1 unspecified atom stereocenters. The Morgan fingerprint density at radius 1 is 1.32 bits per heavy atom. The van der Waals surface area contributed by atoms with Gasteiger partial charge < -0.3 is 9.84 Å². The van der Waals surface area contributed by atoms with Gasteiger partial charge in [-0.3, -0.25) is 15.0 Å². The van der Waals surface area contributed by atoms with Crippen molar-refractivity contribution >= 4 is 27.8 Å². The summed E-state index contributed by atoms with van der Waals surface area (Å²) >= 11 is 0. The number of rotatable bonds is 8. The van der Waals surface area contributed by atoms with Crippen LogP contribution in [0, 0.1) is 10.1 Å². The monoisotopic (exact) mass is 417 g/mol. The van der Waals surface area contributed by atoms with Crippen LogP contribution >= 0.6 is 0 Å². The van der Waals surface area contributed by atoms with Crippen molar-refractivity contribution in [3.05, 3.63) is 34.4 Å². The molecule has 0 saturated heterocycles. The molecule has 0 fully saturated rings. The van der Waals surface area contributed by atoms with Crippen molar-refractivity contribution in [2.24, 2.45) is 0 Å². The molecule has 0 aliphatic rings. The van der Waals surface area contributed by atoms with Gasteiger partial charge >= 0.3 is 12.1 Å². The first-order chi connectivity index (χ1) is 12.8. The summed E-state index contributed by atoms with van der Waals surface area (Å²) in [4.78, 5) is 34.0. The topological polar surface area (TPSA) is 156 Å². The van der Waals surface area contributed by atoms with Gasteiger partial charge in [-0.1, -0.05) is 12.1 Å². The summed E-state index contributed by atoms with van der Waals surface area (Å²) in [7, 11) is -4.26. The number of carbonyl (C=O) groups is 2. The number of carbonyl (C=O) groups excluding carboxylic acids is 1. The number of nitro benzene ring substituents is 1. The Morgan fingerprint density at radius 2 is 1.89 bits per heavy atom. The fraction of sp³-hybridized carbons (Fsp3) is 0.500. The second-order valence-electron chi connectivity index (χ2n) is 6.81. The van der Waals surface area contributed by atoms with Crippen LogP contribution in [0.1, 0.15) is 27.7 Å². The Morgan fingerprint density at radius 3 is 2.39 bits per heavy atom. The van der Waals surface area contributed by atoms with Gasteiger partial charge in [0, 0.05) is 19.2 Å². The van der Waals surface area contributed by atoms with Crippen molar-refractivity contribution in [1.29, 1.82) is 0 Å². The third-order valence-electron chi connectivity index (χ3n) is 3.45. The molecule has 11 nitrogen and oxygen atoms in total. The number of benzene rings is 1. The summed E-state index contributed by atoms with van der Waals surface area (Å²) in [6.07, 6.45) is -0.924. The molecule has 0 radical (unpaired) electrons. The normalized spacial score (nSPS) is 12.9. The number of nitro groups is 1. The Balaban J connectivity index is 2.95. The zero-order valence-corrected chi connectivity index (χ0v) is 16.7. The summed E-state index contributed by atoms with van der Waals surface area (Å²) in [5, 5.41) is 20.2. The predicted octanol–water partition coefficient (Wildman–Crippen LogP) is 1.58. The zero-order valence-electron chi connectivity index (χ0n) is 15.9. The van der Waals surface area contributed by atoms with Gasteiger partial charge in [-0.15, -0.1) is 0 Å². The molecule has 0 spiro atoms. The Hall–Kier alpha value is -2.73. The first kappa shape index (κ1) is 23.3. The van der Waals surface area contributed by atoms with Crippen molar-refractivity contribution in [1.82, 2.24) is 9.62 Å². The molecule has 0 bridgehead atoms. The van der Waals surface area contributed by atoms with Gasteiger partial charge in [0.2, 0.25) is 10.0 Å². The molecule has 12 heteroatoms. The van der Waals surface area contributed by atoms with Gasteiger partial charge in [0.05, 0.1) is 4.92 Å². The van der Waals surface area contributed by atoms with Crippen molar-refractivity contribution in [2.75, 3.05) is 13.1 Å². The number of hydrogen-bond donors (Lipinski definition) is 2. The summed E-state index contributed by atoms with van der Waals surface area (Å²) in [6, 6.07) is 3.52. The highest BCUT2D eigenvalue weighted by Crippen LogP contribution is 2.22. The highest BCUT2D eigenvalue weighted by molar-refractivity contribution is 7.89. The minimum atomic E-state index is -4.26. The largest absolute Gasteiger partial charge is 0.480 e. The lowest BCUT2D eigenvalue weighted by atomic mass is 10.2. The van der Waals surface area contributed by atoms with E-state index in [1.807, 2.05) is 0 Å². The SMILES string of the molecule is CC(C(=O)O)N(CCNS(=O)(=O)c1ccccc1[N+](=O)[O-])C(=O)OC(C)(C)C. The van der Waals surface area contributed by atoms with Crippen LogP contribution in [0.2, 0.25) is 0 Å². The van der Waals surface area contributed by atoms with E-state index < -0.39 is 49.2 Å². The number of amides is 1. The van der Waals surface area contributed by atoms with E-state index in [4.69, 9.17) is 4.74 Å². The zero-order chi connectivity index (χ0) is 21.7. The first-order valence-corrected chi connectivity index (χ1v) is 9.70. The third-order valence-corrected chi connectivity index (χ3v) is 4.96. The number of ether oxygens (including phenoxy) is 1. The molecule has 28 heavy (non-hydrogen) atoms. The van der Waals surface area contributed by atoms with Crippen molar-refractivity contribution in [2.45, 2.75) is 44.2 Å². The molecule has 0 aliphatic heterocycles. The maximum Gasteiger partial charge on any atom is 0.411 e. The number of nitrogens with one attached hydrogen (secondary N) is 1. The van der Waals surface area contributed by atoms with Gasteiger partial charge in [0.25, 0.3) is 5.69 Å². The lowest BCUT2D eigenvalue weighted by molar-refractivity contribution is -0.387. The van der Waals surface area contributed by atoms with Gasteiger partial charge in [-0.05, 0) is 33.8 Å². The summed E-state index contributed by atoms with van der Waals surface area (Å²) in [5.41, 5.74) is -1.48. The molecule has 1 rings (SSSR count). The van der Waals surface area contributed by atoms with E-state index in [1.165, 1.54) is 19.1 Å². The quantitative estimate of drug-likeness (QED) is 0.477. The second kappa shape index (κ2) is 8.97. The van der Waals surface area contributed by atoms with Crippen LogP contribution in [0.3, 0.4) is 0 Å². The van der Waals surface area contributed by atoms with Crippen LogP contribution < -0.4 is 4.72 Å². The van der Waals surface area contributed by atoms with Crippen LogP contribution in [-0.2, 0) is 19.6 Å². The van der Waals surface area contributed by atoms with Crippen LogP contribution in [0.25, 0.3) is 0 Å². The molecule has 156 valence electrons. The van der Waals surface area contributed by atoms with E-state index in [0.29, 0.717) is 0 Å². The lowest BCUT2D eigenvalue weighted by Gasteiger charge is -2.29. The van der Waals surface area contributed by atoms with E-state index >= 15 is 0 Å². The van der Waals surface area contributed by atoms with E-state index in [1.54, 1.807) is 20.8 Å². The van der Waals surface area contributed by atoms with Crippen molar-refractivity contribution in [3.8, 4) is 0 Å². The standard InChI is InChI=1S/C16H23N3O8S/c1-11(14(20)21)18(15(22)27-16(2,3)4)10-9-17-28(25,26)13-8-6-5-7-12(13)19(23)24/h5-8,11,17H,9-10H2,1-4H3,(H,20,21). The molecule has 1 atom stereocenters. The first-order valence-electron chi connectivity index (χ1n) is 8.22. The molecular weight excluding hydrogens is 394 g/mol. The fourth-order valence-corrected chi connectivity index (χ4v) is 3.30. The van der Waals surface area contributed by atoms with Crippen LogP contribution in [0.5, 0.6) is 0 Å². The Kier molecular flexibility index (Phi) is 7.47. The van der Waals surface area contributed by atoms with Gasteiger partial charge in [-0.25, -0.2) is 22.7 Å². The smallest absolute Gasteiger partial charge is 0.411 e. The van der Waals surface area contributed by atoms with Gasteiger partial charge in [0.15, 0.2) is 4.90 Å². The van der Waals surface area contributed by atoms with Crippen LogP contribution in [0.4, 0.5) is 10.5 Å². The summed E-state index contributed by atoms with van der Waals surface area (Å²) < 4.78 is 32.0. The molecule has 0 aromatic heterocycles. The molecule has 2 N–H and O–H groups in total. The maximum atomic E-state index is 12.4. The maximum absolute atomic E-state index is 12.4. The minimum absolute atomic E-state index is 0.317. The number of aliphatic carboxylic acids is 1. The number of nitrogens with zero attached hydrogens (tertiary/aromatic N) is 2. The van der Waals surface area contributed by atoms with E-state index in [2.05, 4.69) is 4.72 Å². The number of para-hydroxylation sites is 1. The Labute approximate surface area is 162 Å². The second-order valence-corrected chi connectivity index (χ2v) is 8.55. The van der Waals surface area contributed by atoms with E-state index in [9.17, 15) is 33.2 Å². The minimum Gasteiger partial charge on any atom is -0.480 e. The highest BCUT2D eigenvalue weighted by Gasteiger charge is 2.30. The number of sulfonamides is 1. The average Bonchev–Trinajstić information content (AvgIpc) is 2.56. The number of carboxylic acids is 1. The molecule has 1 aromatic rings. The molecule has 0 saturated carbocycles. The van der Waals surface area contributed by atoms with Crippen molar-refractivity contribution < 1.29 is 32.8 Å². The summed E-state index contributed by atoms with van der Waals surface area (Å²) in [5.74, 6) is -1.30. The van der Waals surface area contributed by atoms with Crippen molar-refractivity contribution in [3.63, 3.8) is 0 Å². The third kappa shape index (κ3) is 6.46. The highest BCUT2D eigenvalue weighted by atomic mass is 32.2. The molecule has 1 amide bonds. The molecular formula is C16H23N3O8S. The van der Waals surface area contributed by atoms with Gasteiger partial charge in [0.1, 0.15) is 11.6 Å². The average molecular weight is 417 g/mol. The summed E-state index contributed by atoms with van der Waals surface area (Å²) in [6.45, 7) is 5.37. The predicted molar refractivity (Wildman–Crippen MR) is 98.3 cm³/mol. The fourth-order valence-electron chi connectivity index (χ4n) is 2.11. The van der Waals surface area contributed by atoms with Crippen LogP contribution in [0.15, 0.2) is 29.2 Å².